The zero-order valence-corrected chi connectivity index (χ0v) is 9.95. The Morgan fingerprint density at radius 1 is 1.31 bits per heavy atom. The van der Waals surface area contributed by atoms with Crippen LogP contribution in [0.15, 0.2) is 61.2 Å². The lowest BCUT2D eigenvalue weighted by atomic mass is 9.74. The normalized spacial score (nSPS) is 23.3. The highest BCUT2D eigenvalue weighted by atomic mass is 35.5. The van der Waals surface area contributed by atoms with Crippen molar-refractivity contribution in [3.63, 3.8) is 0 Å². The van der Waals surface area contributed by atoms with Gasteiger partial charge in [-0.15, -0.1) is 18.2 Å². The molecule has 0 heterocycles. The maximum atomic E-state index is 5.99. The summed E-state index contributed by atoms with van der Waals surface area (Å²) in [5, 5.41) is 0. The second-order valence-corrected chi connectivity index (χ2v) is 4.29. The summed E-state index contributed by atoms with van der Waals surface area (Å²) in [5.41, 5.74) is 2.37. The van der Waals surface area contributed by atoms with Crippen LogP contribution in [0.25, 0.3) is 0 Å². The number of rotatable bonds is 3. The fraction of sp³-hybridized carbons (Fsp3) is 0.200. The van der Waals surface area contributed by atoms with E-state index >= 15 is 0 Å². The molecule has 1 aromatic carbocycles. The Bertz CT molecular complexity index is 443. The third-order valence-corrected chi connectivity index (χ3v) is 3.41. The Balaban J connectivity index is 2.52. The Kier molecular flexibility index (Phi) is 3.31. The summed E-state index contributed by atoms with van der Waals surface area (Å²) in [5.74, 6) is 0.545. The Morgan fingerprint density at radius 3 is 2.75 bits per heavy atom. The van der Waals surface area contributed by atoms with Gasteiger partial charge in [0, 0.05) is 11.3 Å². The van der Waals surface area contributed by atoms with Gasteiger partial charge in [-0.05, 0) is 17.5 Å². The van der Waals surface area contributed by atoms with E-state index in [2.05, 4.69) is 49.1 Å². The lowest BCUT2D eigenvalue weighted by Gasteiger charge is -2.30. The average molecular weight is 231 g/mol. The van der Waals surface area contributed by atoms with E-state index in [4.69, 9.17) is 11.6 Å². The predicted octanol–water partition coefficient (Wildman–Crippen LogP) is 4.37. The minimum Gasteiger partial charge on any atom is -0.122 e. The van der Waals surface area contributed by atoms with Crippen molar-refractivity contribution in [1.29, 1.82) is 0 Å². The number of allylic oxidation sites excluding steroid dienone is 5. The third kappa shape index (κ3) is 1.85. The summed E-state index contributed by atoms with van der Waals surface area (Å²) < 4.78 is 0. The molecule has 1 aliphatic rings. The van der Waals surface area contributed by atoms with Crippen molar-refractivity contribution < 1.29 is 0 Å². The summed E-state index contributed by atoms with van der Waals surface area (Å²) in [7, 11) is 0. The van der Waals surface area contributed by atoms with Crippen LogP contribution in [0.2, 0.25) is 0 Å². The number of benzene rings is 1. The van der Waals surface area contributed by atoms with Crippen LogP contribution in [-0.2, 0) is 11.3 Å². The summed E-state index contributed by atoms with van der Waals surface area (Å²) in [4.78, 5) is 0. The zero-order valence-electron chi connectivity index (χ0n) is 9.20. The highest BCUT2D eigenvalue weighted by Gasteiger charge is 2.27. The zero-order chi connectivity index (χ0) is 11.4. The fourth-order valence-corrected chi connectivity index (χ4v) is 2.42. The molecule has 0 saturated heterocycles. The molecule has 1 atom stereocenters. The average Bonchev–Trinajstić information content (AvgIpc) is 2.39. The first-order valence-electron chi connectivity index (χ1n) is 5.45. The maximum absolute atomic E-state index is 5.99. The van der Waals surface area contributed by atoms with Crippen molar-refractivity contribution in [2.75, 3.05) is 0 Å². The van der Waals surface area contributed by atoms with Gasteiger partial charge in [0.1, 0.15) is 0 Å². The van der Waals surface area contributed by atoms with E-state index in [1.807, 2.05) is 12.1 Å². The van der Waals surface area contributed by atoms with E-state index in [1.54, 1.807) is 0 Å². The van der Waals surface area contributed by atoms with Crippen LogP contribution in [0.4, 0.5) is 0 Å². The SMILES string of the molecule is C=CC1(c2ccccc2CCl)C=CC=CC1. The van der Waals surface area contributed by atoms with Crippen LogP contribution in [0.3, 0.4) is 0 Å². The van der Waals surface area contributed by atoms with Gasteiger partial charge in [-0.25, -0.2) is 0 Å². The molecular formula is C15H15Cl. The number of hydrogen-bond acceptors (Lipinski definition) is 0. The van der Waals surface area contributed by atoms with E-state index in [9.17, 15) is 0 Å². The van der Waals surface area contributed by atoms with Crippen molar-refractivity contribution in [3.05, 3.63) is 72.4 Å². The van der Waals surface area contributed by atoms with Gasteiger partial charge < -0.3 is 0 Å². The number of alkyl halides is 1. The van der Waals surface area contributed by atoms with Crippen molar-refractivity contribution in [1.82, 2.24) is 0 Å². The molecule has 0 spiro atoms. The molecule has 0 saturated carbocycles. The predicted molar refractivity (Wildman–Crippen MR) is 70.8 cm³/mol. The van der Waals surface area contributed by atoms with Crippen molar-refractivity contribution in [3.8, 4) is 0 Å². The van der Waals surface area contributed by atoms with E-state index in [1.165, 1.54) is 11.1 Å². The molecule has 0 fully saturated rings. The highest BCUT2D eigenvalue weighted by molar-refractivity contribution is 6.17. The standard InChI is InChI=1S/C15H15Cl/c1-2-15(10-6-3-7-11-15)14-9-5-4-8-13(14)12-16/h2-10H,1,11-12H2. The summed E-state index contributed by atoms with van der Waals surface area (Å²) in [6.07, 6.45) is 11.5. The van der Waals surface area contributed by atoms with Crippen LogP contribution >= 0.6 is 11.6 Å². The van der Waals surface area contributed by atoms with Crippen LogP contribution in [-0.4, -0.2) is 0 Å². The van der Waals surface area contributed by atoms with Crippen LogP contribution in [0.1, 0.15) is 17.5 Å². The molecular weight excluding hydrogens is 216 g/mol. The number of hydrogen-bond donors (Lipinski definition) is 0. The van der Waals surface area contributed by atoms with Gasteiger partial charge in [0.15, 0.2) is 0 Å². The first kappa shape index (κ1) is 11.2. The molecule has 0 aromatic heterocycles. The molecule has 0 aliphatic heterocycles. The minimum absolute atomic E-state index is 0.0831. The minimum atomic E-state index is -0.0831. The second kappa shape index (κ2) is 4.71. The molecule has 1 unspecified atom stereocenters. The van der Waals surface area contributed by atoms with Gasteiger partial charge in [-0.1, -0.05) is 54.6 Å². The summed E-state index contributed by atoms with van der Waals surface area (Å²) in [6.45, 7) is 3.98. The van der Waals surface area contributed by atoms with Crippen molar-refractivity contribution >= 4 is 11.6 Å². The van der Waals surface area contributed by atoms with E-state index in [-0.39, 0.29) is 5.41 Å². The quantitative estimate of drug-likeness (QED) is 0.535. The van der Waals surface area contributed by atoms with Gasteiger partial charge in [0.05, 0.1) is 0 Å². The molecule has 1 aromatic rings. The van der Waals surface area contributed by atoms with Crippen LogP contribution in [0.5, 0.6) is 0 Å². The van der Waals surface area contributed by atoms with Gasteiger partial charge in [0.2, 0.25) is 0 Å². The molecule has 82 valence electrons. The number of halogens is 1. The monoisotopic (exact) mass is 230 g/mol. The van der Waals surface area contributed by atoms with E-state index in [0.717, 1.165) is 6.42 Å². The highest BCUT2D eigenvalue weighted by Crippen LogP contribution is 2.36. The lowest BCUT2D eigenvalue weighted by molar-refractivity contribution is 0.671. The third-order valence-electron chi connectivity index (χ3n) is 3.12. The largest absolute Gasteiger partial charge is 0.122 e. The molecule has 0 N–H and O–H groups in total. The first-order chi connectivity index (χ1) is 7.82. The molecule has 1 aliphatic carbocycles. The van der Waals surface area contributed by atoms with E-state index < -0.39 is 0 Å². The molecule has 0 bridgehead atoms. The molecule has 2 rings (SSSR count). The first-order valence-corrected chi connectivity index (χ1v) is 5.98. The molecule has 1 heteroatoms. The molecule has 0 radical (unpaired) electrons. The topological polar surface area (TPSA) is 0 Å². The Morgan fingerprint density at radius 2 is 2.12 bits per heavy atom. The molecule has 16 heavy (non-hydrogen) atoms. The lowest BCUT2D eigenvalue weighted by Crippen LogP contribution is -2.22. The van der Waals surface area contributed by atoms with Crippen LogP contribution in [0, 0.1) is 0 Å². The molecule has 0 nitrogen and oxygen atoms in total. The van der Waals surface area contributed by atoms with Gasteiger partial charge >= 0.3 is 0 Å². The maximum Gasteiger partial charge on any atom is 0.0477 e. The molecule has 0 amide bonds. The summed E-state index contributed by atoms with van der Waals surface area (Å²) >= 11 is 5.99. The van der Waals surface area contributed by atoms with Crippen molar-refractivity contribution in [2.24, 2.45) is 0 Å². The van der Waals surface area contributed by atoms with E-state index in [0.29, 0.717) is 5.88 Å². The van der Waals surface area contributed by atoms with Gasteiger partial charge in [-0.3, -0.25) is 0 Å². The van der Waals surface area contributed by atoms with Gasteiger partial charge in [0.25, 0.3) is 0 Å². The van der Waals surface area contributed by atoms with Crippen molar-refractivity contribution in [2.45, 2.75) is 17.7 Å². The Labute approximate surface area is 102 Å². The smallest absolute Gasteiger partial charge is 0.0477 e. The second-order valence-electron chi connectivity index (χ2n) is 4.03. The van der Waals surface area contributed by atoms with Crippen LogP contribution < -0.4 is 0 Å². The summed E-state index contributed by atoms with van der Waals surface area (Å²) in [6, 6.07) is 8.31. The fourth-order valence-electron chi connectivity index (χ4n) is 2.19. The van der Waals surface area contributed by atoms with Gasteiger partial charge in [-0.2, -0.15) is 0 Å². The Hall–Kier alpha value is -1.27.